The number of benzene rings is 1. The molecule has 1 aromatic heterocycles. The molecule has 32 heavy (non-hydrogen) atoms. The van der Waals surface area contributed by atoms with E-state index in [-0.39, 0.29) is 5.41 Å². The van der Waals surface area contributed by atoms with Gasteiger partial charge in [0.05, 0.1) is 0 Å². The van der Waals surface area contributed by atoms with Crippen molar-refractivity contribution in [2.75, 3.05) is 23.3 Å². The van der Waals surface area contributed by atoms with Crippen molar-refractivity contribution < 1.29 is 0 Å². The zero-order valence-corrected chi connectivity index (χ0v) is 20.9. The van der Waals surface area contributed by atoms with Crippen molar-refractivity contribution in [3.63, 3.8) is 0 Å². The summed E-state index contributed by atoms with van der Waals surface area (Å²) in [6.45, 7) is 3.96. The quantitative estimate of drug-likeness (QED) is 0.375. The van der Waals surface area contributed by atoms with Crippen molar-refractivity contribution in [3.05, 3.63) is 46.1 Å². The monoisotopic (exact) mass is 491 g/mol. The summed E-state index contributed by atoms with van der Waals surface area (Å²) in [5.41, 5.74) is 1.30. The van der Waals surface area contributed by atoms with Gasteiger partial charge < -0.3 is 15.5 Å². The molecule has 1 aliphatic heterocycles. The molecule has 0 bridgehead atoms. The van der Waals surface area contributed by atoms with Crippen molar-refractivity contribution in [3.8, 4) is 0 Å². The molecular formula is C24H31Cl2N5S. The Labute approximate surface area is 206 Å². The van der Waals surface area contributed by atoms with Crippen molar-refractivity contribution >= 4 is 52.3 Å². The molecule has 2 aliphatic rings. The zero-order valence-electron chi connectivity index (χ0n) is 18.5. The van der Waals surface area contributed by atoms with Crippen LogP contribution in [0.15, 0.2) is 30.3 Å². The van der Waals surface area contributed by atoms with E-state index in [1.54, 1.807) is 0 Å². The largest absolute Gasteiger partial charge is 0.361 e. The van der Waals surface area contributed by atoms with Gasteiger partial charge in [-0.3, -0.25) is 0 Å². The lowest BCUT2D eigenvalue weighted by Gasteiger charge is -2.38. The van der Waals surface area contributed by atoms with Crippen LogP contribution >= 0.6 is 35.4 Å². The first-order chi connectivity index (χ1) is 15.4. The maximum absolute atomic E-state index is 6.32. The molecule has 2 heterocycles. The van der Waals surface area contributed by atoms with E-state index < -0.39 is 0 Å². The van der Waals surface area contributed by atoms with Gasteiger partial charge in [0.1, 0.15) is 11.0 Å². The molecule has 1 saturated carbocycles. The Bertz CT molecular complexity index is 948. The maximum Gasteiger partial charge on any atom is 0.232 e. The Balaban J connectivity index is 1.45. The van der Waals surface area contributed by atoms with E-state index in [4.69, 9.17) is 40.4 Å². The Morgan fingerprint density at radius 3 is 2.69 bits per heavy atom. The lowest BCUT2D eigenvalue weighted by atomic mass is 9.69. The Kier molecular flexibility index (Phi) is 7.74. The summed E-state index contributed by atoms with van der Waals surface area (Å²) < 4.78 is 0. The Hall–Kier alpha value is -1.63. The van der Waals surface area contributed by atoms with Crippen LogP contribution in [-0.4, -0.2) is 34.2 Å². The molecule has 0 radical (unpaired) electrons. The minimum Gasteiger partial charge on any atom is -0.361 e. The summed E-state index contributed by atoms with van der Waals surface area (Å²) >= 11 is 18.2. The highest BCUT2D eigenvalue weighted by atomic mass is 35.5. The summed E-state index contributed by atoms with van der Waals surface area (Å²) in [5.74, 6) is 1.29. The summed E-state index contributed by atoms with van der Waals surface area (Å²) in [5, 5.41) is 8.29. The van der Waals surface area contributed by atoms with E-state index >= 15 is 0 Å². The van der Waals surface area contributed by atoms with Crippen molar-refractivity contribution in [1.82, 2.24) is 15.3 Å². The molecule has 4 rings (SSSR count). The van der Waals surface area contributed by atoms with Crippen LogP contribution < -0.4 is 15.5 Å². The van der Waals surface area contributed by atoms with Crippen LogP contribution in [0.1, 0.15) is 63.9 Å². The summed E-state index contributed by atoms with van der Waals surface area (Å²) in [4.78, 5) is 11.4. The minimum atomic E-state index is 0.0263. The number of anilines is 2. The first-order valence-electron chi connectivity index (χ1n) is 11.6. The second-order valence-electron chi connectivity index (χ2n) is 9.07. The highest BCUT2D eigenvalue weighted by Crippen LogP contribution is 2.39. The van der Waals surface area contributed by atoms with Crippen molar-refractivity contribution in [2.24, 2.45) is 0 Å². The van der Waals surface area contributed by atoms with Gasteiger partial charge in [0.15, 0.2) is 5.11 Å². The molecule has 2 aromatic rings. The predicted molar refractivity (Wildman–Crippen MR) is 138 cm³/mol. The van der Waals surface area contributed by atoms with Crippen LogP contribution in [0.4, 0.5) is 11.8 Å². The van der Waals surface area contributed by atoms with Crippen LogP contribution in [-0.2, 0) is 5.41 Å². The number of aromatic nitrogens is 2. The first-order valence-corrected chi connectivity index (χ1v) is 12.7. The van der Waals surface area contributed by atoms with E-state index in [1.807, 2.05) is 18.2 Å². The van der Waals surface area contributed by atoms with E-state index in [1.165, 1.54) is 37.7 Å². The van der Waals surface area contributed by atoms with Gasteiger partial charge in [0.25, 0.3) is 0 Å². The van der Waals surface area contributed by atoms with Gasteiger partial charge in [0, 0.05) is 35.6 Å². The average molecular weight is 493 g/mol. The van der Waals surface area contributed by atoms with Crippen LogP contribution in [0.2, 0.25) is 10.2 Å². The van der Waals surface area contributed by atoms with Crippen LogP contribution in [0.5, 0.6) is 0 Å². The van der Waals surface area contributed by atoms with Crippen molar-refractivity contribution in [2.45, 2.75) is 69.7 Å². The summed E-state index contributed by atoms with van der Waals surface area (Å²) in [6.07, 6.45) is 9.52. The number of rotatable bonds is 5. The standard InChI is InChI=1S/C24H31Cl2N5S/c1-17-8-3-6-13-31(17)21-15-20(26)28-22(29-21)30-23(32)27-16-24(11-4-2-5-12-24)18-9-7-10-19(25)14-18/h7,9-10,14-15,17H,2-6,8,11-13,16H2,1H3,(H2,27,28,29,30,32). The number of nitrogens with one attached hydrogen (secondary N) is 2. The highest BCUT2D eigenvalue weighted by molar-refractivity contribution is 7.80. The molecule has 8 heteroatoms. The molecule has 1 aliphatic carbocycles. The van der Waals surface area contributed by atoms with Crippen LogP contribution in [0.3, 0.4) is 0 Å². The smallest absolute Gasteiger partial charge is 0.232 e. The zero-order chi connectivity index (χ0) is 22.6. The molecule has 2 N–H and O–H groups in total. The summed E-state index contributed by atoms with van der Waals surface area (Å²) in [7, 11) is 0. The van der Waals surface area contributed by atoms with Gasteiger partial charge in [-0.1, -0.05) is 54.6 Å². The molecule has 1 saturated heterocycles. The van der Waals surface area contributed by atoms with Gasteiger partial charge in [-0.2, -0.15) is 4.98 Å². The third-order valence-corrected chi connectivity index (χ3v) is 7.51. The molecule has 5 nitrogen and oxygen atoms in total. The van der Waals surface area contributed by atoms with Crippen LogP contribution in [0.25, 0.3) is 0 Å². The second kappa shape index (κ2) is 10.5. The third kappa shape index (κ3) is 5.64. The van der Waals surface area contributed by atoms with E-state index in [0.29, 0.717) is 22.3 Å². The van der Waals surface area contributed by atoms with Gasteiger partial charge in [-0.25, -0.2) is 4.98 Å². The number of thiocarbonyl (C=S) groups is 1. The van der Waals surface area contributed by atoms with E-state index in [2.05, 4.69) is 39.6 Å². The fourth-order valence-electron chi connectivity index (χ4n) is 5.06. The van der Waals surface area contributed by atoms with E-state index in [9.17, 15) is 0 Å². The van der Waals surface area contributed by atoms with Crippen LogP contribution in [0, 0.1) is 0 Å². The number of hydrogen-bond acceptors (Lipinski definition) is 4. The SMILES string of the molecule is CC1CCCCN1c1cc(Cl)nc(NC(=S)NCC2(c3cccc(Cl)c3)CCCCC2)n1. The Morgan fingerprint density at radius 1 is 1.12 bits per heavy atom. The second-order valence-corrected chi connectivity index (χ2v) is 10.3. The molecule has 1 atom stereocenters. The molecule has 172 valence electrons. The summed E-state index contributed by atoms with van der Waals surface area (Å²) in [6, 6.07) is 10.5. The first kappa shape index (κ1) is 23.5. The normalized spacial score (nSPS) is 20.6. The topological polar surface area (TPSA) is 53.1 Å². The lowest BCUT2D eigenvalue weighted by Crippen LogP contribution is -2.43. The lowest BCUT2D eigenvalue weighted by molar-refractivity contribution is 0.292. The average Bonchev–Trinajstić information content (AvgIpc) is 2.78. The highest BCUT2D eigenvalue weighted by Gasteiger charge is 2.34. The predicted octanol–water partition coefficient (Wildman–Crippen LogP) is 6.35. The number of halogens is 2. The maximum atomic E-state index is 6.32. The third-order valence-electron chi connectivity index (χ3n) is 6.84. The molecule has 2 fully saturated rings. The number of hydrogen-bond donors (Lipinski definition) is 2. The molecule has 0 spiro atoms. The van der Waals surface area contributed by atoms with Crippen molar-refractivity contribution in [1.29, 1.82) is 0 Å². The fraction of sp³-hybridized carbons (Fsp3) is 0.542. The van der Waals surface area contributed by atoms with Gasteiger partial charge >= 0.3 is 0 Å². The Morgan fingerprint density at radius 2 is 1.94 bits per heavy atom. The number of piperidine rings is 1. The molecule has 1 unspecified atom stereocenters. The minimum absolute atomic E-state index is 0.0263. The molecule has 0 amide bonds. The van der Waals surface area contributed by atoms with Gasteiger partial charge in [-0.05, 0) is 68.9 Å². The molecular weight excluding hydrogens is 461 g/mol. The molecule has 1 aromatic carbocycles. The fourth-order valence-corrected chi connectivity index (χ4v) is 5.59. The number of nitrogens with zero attached hydrogens (tertiary/aromatic N) is 3. The van der Waals surface area contributed by atoms with Gasteiger partial charge in [0.2, 0.25) is 5.95 Å². The van der Waals surface area contributed by atoms with E-state index in [0.717, 1.165) is 43.2 Å². The van der Waals surface area contributed by atoms with Gasteiger partial charge in [-0.15, -0.1) is 0 Å².